The van der Waals surface area contributed by atoms with Crippen LogP contribution in [0, 0.1) is 0 Å². The van der Waals surface area contributed by atoms with Crippen molar-refractivity contribution < 1.29 is 19.0 Å². The second-order valence-corrected chi connectivity index (χ2v) is 9.21. The van der Waals surface area contributed by atoms with Gasteiger partial charge in [0.2, 0.25) is 6.79 Å². The van der Waals surface area contributed by atoms with Crippen LogP contribution in [0.3, 0.4) is 0 Å². The largest absolute Gasteiger partial charge is 0.454 e. The molecule has 0 aromatic heterocycles. The number of fused-ring (bicyclic) bond motifs is 1. The molecular formula is C27H25ClN4O4. The molecule has 3 aromatic carbocycles. The van der Waals surface area contributed by atoms with Crippen LogP contribution in [0.4, 0.5) is 17.1 Å². The monoisotopic (exact) mass is 504 g/mol. The number of hydrogen-bond donors (Lipinski definition) is 0. The SMILES string of the molecule is CC(=O)C1=NN(c2ccc(Cl)cc2)C(c2ccc3c(c2)OCO3)N1c1ccc(N2CCOCC2)cc1. The lowest BCUT2D eigenvalue weighted by molar-refractivity contribution is -0.111. The summed E-state index contributed by atoms with van der Waals surface area (Å²) in [7, 11) is 0. The van der Waals surface area contributed by atoms with E-state index in [0.717, 1.165) is 48.9 Å². The van der Waals surface area contributed by atoms with Gasteiger partial charge in [-0.25, -0.2) is 5.01 Å². The molecule has 6 rings (SSSR count). The van der Waals surface area contributed by atoms with Crippen molar-refractivity contribution in [2.75, 3.05) is 47.9 Å². The van der Waals surface area contributed by atoms with E-state index < -0.39 is 6.17 Å². The lowest BCUT2D eigenvalue weighted by Crippen LogP contribution is -2.38. The number of morpholine rings is 1. The standard InChI is InChI=1S/C27H25ClN4O4/c1-18(33)26-29-32(23-5-3-20(28)4-6-23)27(19-2-11-24-25(16-19)36-17-35-24)31(26)22-9-7-21(8-10-22)30-12-14-34-15-13-30/h2-11,16,27H,12-15,17H2,1H3. The van der Waals surface area contributed by atoms with Crippen LogP contribution in [0.2, 0.25) is 5.02 Å². The molecule has 36 heavy (non-hydrogen) atoms. The minimum absolute atomic E-state index is 0.130. The van der Waals surface area contributed by atoms with E-state index in [1.165, 1.54) is 6.92 Å². The fourth-order valence-electron chi connectivity index (χ4n) is 4.74. The molecule has 0 spiro atoms. The van der Waals surface area contributed by atoms with Crippen molar-refractivity contribution in [3.05, 3.63) is 77.3 Å². The summed E-state index contributed by atoms with van der Waals surface area (Å²) >= 11 is 6.16. The number of nitrogens with zero attached hydrogens (tertiary/aromatic N) is 4. The lowest BCUT2D eigenvalue weighted by Gasteiger charge is -2.33. The molecule has 1 atom stereocenters. The summed E-state index contributed by atoms with van der Waals surface area (Å²) < 4.78 is 16.7. The Balaban J connectivity index is 1.43. The number of amidine groups is 1. The van der Waals surface area contributed by atoms with Crippen LogP contribution < -0.4 is 24.3 Å². The van der Waals surface area contributed by atoms with Crippen molar-refractivity contribution in [2.24, 2.45) is 5.10 Å². The summed E-state index contributed by atoms with van der Waals surface area (Å²) in [4.78, 5) is 17.1. The Bertz CT molecular complexity index is 1310. The number of carbonyl (C=O) groups is 1. The highest BCUT2D eigenvalue weighted by Gasteiger charge is 2.40. The molecule has 8 nitrogen and oxygen atoms in total. The molecule has 0 saturated carbocycles. The van der Waals surface area contributed by atoms with Gasteiger partial charge >= 0.3 is 0 Å². The Labute approximate surface area is 214 Å². The van der Waals surface area contributed by atoms with Gasteiger partial charge in [-0.05, 0) is 60.7 Å². The molecule has 3 aliphatic rings. The van der Waals surface area contributed by atoms with Gasteiger partial charge in [-0.15, -0.1) is 5.10 Å². The Kier molecular flexibility index (Phi) is 5.91. The normalized spacial score (nSPS) is 19.0. The van der Waals surface area contributed by atoms with Crippen LogP contribution in [-0.4, -0.2) is 44.7 Å². The quantitative estimate of drug-likeness (QED) is 0.493. The van der Waals surface area contributed by atoms with Gasteiger partial charge in [-0.3, -0.25) is 9.69 Å². The summed E-state index contributed by atoms with van der Waals surface area (Å²) in [5.74, 6) is 1.59. The Morgan fingerprint density at radius 1 is 0.889 bits per heavy atom. The first-order chi connectivity index (χ1) is 17.6. The van der Waals surface area contributed by atoms with Crippen molar-refractivity contribution in [3.63, 3.8) is 0 Å². The number of carbonyl (C=O) groups excluding carboxylic acids is 1. The van der Waals surface area contributed by atoms with Crippen LogP contribution in [0.1, 0.15) is 18.7 Å². The van der Waals surface area contributed by atoms with Gasteiger partial charge in [0.15, 0.2) is 29.3 Å². The van der Waals surface area contributed by atoms with Gasteiger partial charge in [0.25, 0.3) is 0 Å². The minimum atomic E-state index is -0.422. The highest BCUT2D eigenvalue weighted by atomic mass is 35.5. The van der Waals surface area contributed by atoms with Crippen molar-refractivity contribution in [1.82, 2.24) is 0 Å². The fourth-order valence-corrected chi connectivity index (χ4v) is 4.86. The predicted octanol–water partition coefficient (Wildman–Crippen LogP) is 4.83. The number of Topliss-reactive ketones (excluding diaryl/α,β-unsaturated/α-hetero) is 1. The summed E-state index contributed by atoms with van der Waals surface area (Å²) in [6.07, 6.45) is -0.422. The molecule has 0 radical (unpaired) electrons. The average Bonchev–Trinajstić information content (AvgIpc) is 3.54. The molecule has 0 aliphatic carbocycles. The summed E-state index contributed by atoms with van der Waals surface area (Å²) in [5.41, 5.74) is 3.71. The number of ketones is 1. The van der Waals surface area contributed by atoms with Gasteiger partial charge in [-0.2, -0.15) is 0 Å². The first kappa shape index (κ1) is 22.7. The van der Waals surface area contributed by atoms with Gasteiger partial charge < -0.3 is 19.1 Å². The third-order valence-electron chi connectivity index (χ3n) is 6.51. The van der Waals surface area contributed by atoms with Gasteiger partial charge in [-0.1, -0.05) is 17.7 Å². The maximum absolute atomic E-state index is 12.9. The number of benzene rings is 3. The second kappa shape index (κ2) is 9.37. The molecule has 0 N–H and O–H groups in total. The van der Waals surface area contributed by atoms with Crippen LogP contribution in [0.15, 0.2) is 71.8 Å². The number of anilines is 3. The zero-order valence-corrected chi connectivity index (χ0v) is 20.5. The molecule has 1 fully saturated rings. The highest BCUT2D eigenvalue weighted by Crippen LogP contribution is 2.43. The first-order valence-corrected chi connectivity index (χ1v) is 12.2. The van der Waals surface area contributed by atoms with Crippen LogP contribution in [-0.2, 0) is 9.53 Å². The Morgan fingerprint density at radius 3 is 2.28 bits per heavy atom. The van der Waals surface area contributed by atoms with Crippen LogP contribution in [0.5, 0.6) is 11.5 Å². The van der Waals surface area contributed by atoms with E-state index in [1.807, 2.05) is 64.5 Å². The van der Waals surface area contributed by atoms with E-state index in [4.69, 9.17) is 30.9 Å². The van der Waals surface area contributed by atoms with E-state index in [-0.39, 0.29) is 12.6 Å². The van der Waals surface area contributed by atoms with Crippen LogP contribution in [0.25, 0.3) is 0 Å². The molecular weight excluding hydrogens is 480 g/mol. The molecule has 184 valence electrons. The van der Waals surface area contributed by atoms with Gasteiger partial charge in [0, 0.05) is 42.0 Å². The molecule has 9 heteroatoms. The molecule has 3 heterocycles. The average molecular weight is 505 g/mol. The van der Waals surface area contributed by atoms with E-state index >= 15 is 0 Å². The number of hydrazone groups is 1. The van der Waals surface area contributed by atoms with Crippen LogP contribution >= 0.6 is 11.6 Å². The Morgan fingerprint density at radius 2 is 1.56 bits per heavy atom. The number of ether oxygens (including phenoxy) is 3. The zero-order valence-electron chi connectivity index (χ0n) is 19.8. The molecule has 0 bridgehead atoms. The molecule has 3 aromatic rings. The van der Waals surface area contributed by atoms with E-state index in [2.05, 4.69) is 17.0 Å². The lowest BCUT2D eigenvalue weighted by atomic mass is 10.1. The van der Waals surface area contributed by atoms with Gasteiger partial charge in [0.1, 0.15) is 0 Å². The number of rotatable bonds is 5. The van der Waals surface area contributed by atoms with Gasteiger partial charge in [0.05, 0.1) is 18.9 Å². The maximum atomic E-state index is 12.9. The smallest absolute Gasteiger partial charge is 0.231 e. The third kappa shape index (κ3) is 4.12. The van der Waals surface area contributed by atoms with Crippen molar-refractivity contribution in [2.45, 2.75) is 13.1 Å². The maximum Gasteiger partial charge on any atom is 0.231 e. The summed E-state index contributed by atoms with van der Waals surface area (Å²) in [5, 5.41) is 7.27. The second-order valence-electron chi connectivity index (χ2n) is 8.77. The van der Waals surface area contributed by atoms with E-state index in [1.54, 1.807) is 0 Å². The zero-order chi connectivity index (χ0) is 24.6. The summed E-state index contributed by atoms with van der Waals surface area (Å²) in [6.45, 7) is 4.87. The Hall–Kier alpha value is -3.75. The van der Waals surface area contributed by atoms with E-state index in [9.17, 15) is 4.79 Å². The van der Waals surface area contributed by atoms with Crippen molar-refractivity contribution in [3.8, 4) is 11.5 Å². The molecule has 0 amide bonds. The number of halogens is 1. The predicted molar refractivity (Wildman–Crippen MR) is 139 cm³/mol. The molecule has 1 saturated heterocycles. The third-order valence-corrected chi connectivity index (χ3v) is 6.76. The fraction of sp³-hybridized carbons (Fsp3) is 0.259. The first-order valence-electron chi connectivity index (χ1n) is 11.8. The summed E-state index contributed by atoms with van der Waals surface area (Å²) in [6, 6.07) is 21.5. The topological polar surface area (TPSA) is 66.8 Å². The van der Waals surface area contributed by atoms with E-state index in [0.29, 0.717) is 22.4 Å². The van der Waals surface area contributed by atoms with Crippen molar-refractivity contribution in [1.29, 1.82) is 0 Å². The van der Waals surface area contributed by atoms with Crippen molar-refractivity contribution >= 4 is 40.3 Å². The highest BCUT2D eigenvalue weighted by molar-refractivity contribution is 6.44. The molecule has 1 unspecified atom stereocenters. The minimum Gasteiger partial charge on any atom is -0.454 e. The molecule has 3 aliphatic heterocycles. The number of hydrogen-bond acceptors (Lipinski definition) is 8.